The molecule has 0 heterocycles. The van der Waals surface area contributed by atoms with E-state index >= 15 is 0 Å². The van der Waals surface area contributed by atoms with Gasteiger partial charge in [-0.05, 0) is 56.3 Å². The lowest BCUT2D eigenvalue weighted by Crippen LogP contribution is -2.50. The average Bonchev–Trinajstić information content (AvgIpc) is 3.44. The molecular formula is C25H32O4. The van der Waals surface area contributed by atoms with E-state index in [1.165, 1.54) is 32.1 Å². The molecule has 29 heavy (non-hydrogen) atoms. The number of ether oxygens (including phenoxy) is 1. The van der Waals surface area contributed by atoms with Gasteiger partial charge >= 0.3 is 5.97 Å². The number of carbonyl (C=O) groups excluding carboxylic acids is 3. The summed E-state index contributed by atoms with van der Waals surface area (Å²) < 4.78 is 6.44. The molecule has 4 nitrogen and oxygen atoms in total. The summed E-state index contributed by atoms with van der Waals surface area (Å²) in [5, 5.41) is 0. The van der Waals surface area contributed by atoms with Crippen molar-refractivity contribution in [3.8, 4) is 0 Å². The Kier molecular flexibility index (Phi) is 3.97. The second-order valence-corrected chi connectivity index (χ2v) is 10.8. The summed E-state index contributed by atoms with van der Waals surface area (Å²) in [6.45, 7) is 2.17. The molecule has 10 unspecified atom stereocenters. The van der Waals surface area contributed by atoms with E-state index < -0.39 is 0 Å². The van der Waals surface area contributed by atoms with Gasteiger partial charge in [0.2, 0.25) is 0 Å². The van der Waals surface area contributed by atoms with Crippen LogP contribution < -0.4 is 0 Å². The van der Waals surface area contributed by atoms with Gasteiger partial charge in [0.1, 0.15) is 17.2 Å². The van der Waals surface area contributed by atoms with Crippen LogP contribution in [0.5, 0.6) is 0 Å². The molecule has 6 aliphatic rings. The van der Waals surface area contributed by atoms with E-state index in [1.807, 2.05) is 12.2 Å². The SMILES string of the molecule is CCC1(OC(=O)C2CC3C(=O)C2C2C4C=CC(C4=O)C32)CCCC2CCCCC21. The topological polar surface area (TPSA) is 60.4 Å². The Morgan fingerprint density at radius 2 is 1.76 bits per heavy atom. The lowest BCUT2D eigenvalue weighted by atomic mass is 9.62. The molecule has 0 spiro atoms. The van der Waals surface area contributed by atoms with E-state index in [1.54, 1.807) is 0 Å². The number of carbonyl (C=O) groups is 3. The number of fused-ring (bicyclic) bond motifs is 10. The third-order valence-corrected chi connectivity index (χ3v) is 9.94. The van der Waals surface area contributed by atoms with E-state index in [9.17, 15) is 14.4 Å². The number of Topliss-reactive ketones (excluding diaryl/α,β-unsaturated/α-hetero) is 2. The monoisotopic (exact) mass is 396 g/mol. The lowest BCUT2D eigenvalue weighted by molar-refractivity contribution is -0.186. The van der Waals surface area contributed by atoms with Gasteiger partial charge in [0.15, 0.2) is 0 Å². The van der Waals surface area contributed by atoms with Gasteiger partial charge in [0, 0.05) is 29.6 Å². The number of allylic oxidation sites excluding steroid dienone is 2. The second kappa shape index (κ2) is 6.28. The zero-order valence-corrected chi connectivity index (χ0v) is 17.3. The minimum atomic E-state index is -0.324. The molecule has 10 atom stereocenters. The quantitative estimate of drug-likeness (QED) is 0.409. The lowest BCUT2D eigenvalue weighted by Gasteiger charge is -2.50. The van der Waals surface area contributed by atoms with Gasteiger partial charge in [-0.2, -0.15) is 0 Å². The molecule has 5 saturated carbocycles. The van der Waals surface area contributed by atoms with E-state index in [0.717, 1.165) is 19.3 Å². The first-order valence-corrected chi connectivity index (χ1v) is 12.0. The maximum Gasteiger partial charge on any atom is 0.310 e. The maximum absolute atomic E-state index is 13.5. The summed E-state index contributed by atoms with van der Waals surface area (Å²) in [5.74, 6) is 0.942. The highest BCUT2D eigenvalue weighted by atomic mass is 16.6. The first-order valence-electron chi connectivity index (χ1n) is 12.0. The van der Waals surface area contributed by atoms with Crippen molar-refractivity contribution in [2.24, 2.45) is 53.3 Å². The van der Waals surface area contributed by atoms with Crippen LogP contribution in [0.1, 0.15) is 64.7 Å². The van der Waals surface area contributed by atoms with Crippen molar-refractivity contribution in [2.45, 2.75) is 70.3 Å². The molecule has 0 aliphatic heterocycles. The van der Waals surface area contributed by atoms with Gasteiger partial charge in [-0.1, -0.05) is 38.3 Å². The molecule has 0 aromatic heterocycles. The summed E-state index contributed by atoms with van der Waals surface area (Å²) in [7, 11) is 0. The molecule has 0 N–H and O–H groups in total. The van der Waals surface area contributed by atoms with E-state index in [4.69, 9.17) is 4.74 Å². The zero-order chi connectivity index (χ0) is 19.9. The summed E-state index contributed by atoms with van der Waals surface area (Å²) in [5.41, 5.74) is -0.324. The standard InChI is InChI=1S/C25H32O4/c1-2-25(11-5-7-13-6-3-4-8-18(13)25)29-24(28)17-12-16-19-14-9-10-15(22(14)26)20(19)21(17)23(16)27/h9-10,13-21H,2-8,11-12H2,1H3. The molecule has 5 fully saturated rings. The van der Waals surface area contributed by atoms with Crippen molar-refractivity contribution in [1.82, 2.24) is 0 Å². The Balaban J connectivity index is 1.25. The number of esters is 1. The van der Waals surface area contributed by atoms with E-state index in [2.05, 4.69) is 6.92 Å². The van der Waals surface area contributed by atoms with Crippen LogP contribution in [0.15, 0.2) is 12.2 Å². The van der Waals surface area contributed by atoms with Crippen molar-refractivity contribution in [3.05, 3.63) is 12.2 Å². The summed E-state index contributed by atoms with van der Waals surface area (Å²) in [6, 6.07) is 0. The summed E-state index contributed by atoms with van der Waals surface area (Å²) >= 11 is 0. The van der Waals surface area contributed by atoms with Crippen LogP contribution in [-0.4, -0.2) is 23.1 Å². The molecule has 156 valence electrons. The summed E-state index contributed by atoms with van der Waals surface area (Å²) in [4.78, 5) is 39.1. The highest BCUT2D eigenvalue weighted by Gasteiger charge is 2.70. The molecule has 0 aromatic carbocycles. The fourth-order valence-electron chi connectivity index (χ4n) is 8.79. The van der Waals surface area contributed by atoms with Crippen molar-refractivity contribution >= 4 is 17.5 Å². The van der Waals surface area contributed by atoms with Crippen molar-refractivity contribution in [2.75, 3.05) is 0 Å². The third kappa shape index (κ3) is 2.29. The number of hydrogen-bond acceptors (Lipinski definition) is 4. The van der Waals surface area contributed by atoms with Gasteiger partial charge in [-0.25, -0.2) is 0 Å². The maximum atomic E-state index is 13.5. The fraction of sp³-hybridized carbons (Fsp3) is 0.800. The number of ketones is 2. The first-order chi connectivity index (χ1) is 14.1. The highest BCUT2D eigenvalue weighted by Crippen LogP contribution is 2.64. The Morgan fingerprint density at radius 3 is 2.55 bits per heavy atom. The Hall–Kier alpha value is -1.45. The van der Waals surface area contributed by atoms with Gasteiger partial charge in [-0.3, -0.25) is 14.4 Å². The Bertz CT molecular complexity index is 797. The number of hydrogen-bond donors (Lipinski definition) is 0. The normalized spacial score (nSPS) is 52.0. The highest BCUT2D eigenvalue weighted by molar-refractivity contribution is 6.01. The largest absolute Gasteiger partial charge is 0.459 e. The van der Waals surface area contributed by atoms with Gasteiger partial charge < -0.3 is 4.74 Å². The van der Waals surface area contributed by atoms with Crippen LogP contribution in [0.2, 0.25) is 0 Å². The number of rotatable bonds is 3. The molecule has 0 aromatic rings. The smallest absolute Gasteiger partial charge is 0.310 e. The molecule has 4 heteroatoms. The molecule has 6 rings (SSSR count). The van der Waals surface area contributed by atoms with Crippen molar-refractivity contribution < 1.29 is 19.1 Å². The minimum absolute atomic E-state index is 0.0626. The van der Waals surface area contributed by atoms with Gasteiger partial charge in [-0.15, -0.1) is 0 Å². The zero-order valence-electron chi connectivity index (χ0n) is 17.3. The average molecular weight is 397 g/mol. The van der Waals surface area contributed by atoms with E-state index in [-0.39, 0.29) is 58.8 Å². The molecule has 4 bridgehead atoms. The van der Waals surface area contributed by atoms with Gasteiger partial charge in [0.05, 0.1) is 5.92 Å². The Morgan fingerprint density at radius 1 is 1.03 bits per heavy atom. The van der Waals surface area contributed by atoms with Crippen molar-refractivity contribution in [1.29, 1.82) is 0 Å². The first kappa shape index (κ1) is 18.3. The van der Waals surface area contributed by atoms with Gasteiger partial charge in [0.25, 0.3) is 0 Å². The fourth-order valence-corrected chi connectivity index (χ4v) is 8.79. The minimum Gasteiger partial charge on any atom is -0.459 e. The Labute approximate surface area is 172 Å². The van der Waals surface area contributed by atoms with Crippen LogP contribution in [0, 0.1) is 53.3 Å². The van der Waals surface area contributed by atoms with Crippen LogP contribution in [0.4, 0.5) is 0 Å². The predicted octanol–water partition coefficient (Wildman–Crippen LogP) is 4.12. The van der Waals surface area contributed by atoms with Crippen LogP contribution in [0.25, 0.3) is 0 Å². The summed E-state index contributed by atoms with van der Waals surface area (Å²) in [6.07, 6.45) is 13.9. The molecule has 0 amide bonds. The second-order valence-electron chi connectivity index (χ2n) is 10.8. The molecular weight excluding hydrogens is 364 g/mol. The van der Waals surface area contributed by atoms with E-state index in [0.29, 0.717) is 24.0 Å². The molecule has 0 saturated heterocycles. The molecule has 0 radical (unpaired) electrons. The van der Waals surface area contributed by atoms with Crippen LogP contribution >= 0.6 is 0 Å². The van der Waals surface area contributed by atoms with Crippen LogP contribution in [0.3, 0.4) is 0 Å². The predicted molar refractivity (Wildman–Crippen MR) is 107 cm³/mol. The third-order valence-electron chi connectivity index (χ3n) is 9.94. The van der Waals surface area contributed by atoms with Crippen molar-refractivity contribution in [3.63, 3.8) is 0 Å². The molecule has 6 aliphatic carbocycles. The van der Waals surface area contributed by atoms with Crippen LogP contribution in [-0.2, 0) is 19.1 Å².